The van der Waals surface area contributed by atoms with Gasteiger partial charge in [-0.05, 0) is 44.2 Å². The summed E-state index contributed by atoms with van der Waals surface area (Å²) in [6.45, 7) is 6.31. The summed E-state index contributed by atoms with van der Waals surface area (Å²) in [4.78, 5) is 51.7. The molecule has 0 saturated carbocycles. The first-order valence-electron chi connectivity index (χ1n) is 11.3. The van der Waals surface area contributed by atoms with Gasteiger partial charge in [-0.25, -0.2) is 0 Å². The second-order valence-electron chi connectivity index (χ2n) is 8.05. The Kier molecular flexibility index (Phi) is 8.74. The van der Waals surface area contributed by atoms with Crippen LogP contribution in [-0.2, 0) is 14.3 Å². The molecule has 0 bridgehead atoms. The second kappa shape index (κ2) is 11.9. The fourth-order valence-electron chi connectivity index (χ4n) is 3.67. The van der Waals surface area contributed by atoms with Gasteiger partial charge in [-0.3, -0.25) is 24.5 Å². The Morgan fingerprint density at radius 3 is 2.46 bits per heavy atom. The maximum absolute atomic E-state index is 12.8. The minimum absolute atomic E-state index is 0.0696. The first kappa shape index (κ1) is 25.6. The van der Waals surface area contributed by atoms with E-state index in [9.17, 15) is 24.5 Å². The number of likely N-dealkylation sites (N-methyl/N-ethyl adjacent to an activating group) is 1. The van der Waals surface area contributed by atoms with Crippen LogP contribution in [0.1, 0.15) is 24.2 Å². The van der Waals surface area contributed by atoms with E-state index in [0.717, 1.165) is 24.8 Å². The van der Waals surface area contributed by atoms with Crippen LogP contribution in [0.4, 0.5) is 17.1 Å². The molecule has 2 aromatic carbocycles. The Hall–Kier alpha value is -3.99. The third kappa shape index (κ3) is 7.00. The number of non-ortho nitro benzene ring substituents is 1. The van der Waals surface area contributed by atoms with Crippen LogP contribution in [0.2, 0.25) is 0 Å². The van der Waals surface area contributed by atoms with E-state index >= 15 is 0 Å². The number of hydrogen-bond donors (Lipinski definition) is 2. The van der Waals surface area contributed by atoms with E-state index in [1.54, 1.807) is 6.92 Å². The predicted octanol–water partition coefficient (Wildman–Crippen LogP) is 2.04. The lowest BCUT2D eigenvalue weighted by Crippen LogP contribution is -2.49. The molecule has 2 N–H and O–H groups in total. The number of nitrogens with zero attached hydrogens (tertiary/aromatic N) is 3. The number of ether oxygens (including phenoxy) is 1. The van der Waals surface area contributed by atoms with Gasteiger partial charge in [0.2, 0.25) is 11.8 Å². The van der Waals surface area contributed by atoms with Gasteiger partial charge in [0.15, 0.2) is 0 Å². The van der Waals surface area contributed by atoms with Gasteiger partial charge in [0, 0.05) is 48.7 Å². The number of nitro groups is 1. The van der Waals surface area contributed by atoms with Crippen molar-refractivity contribution in [2.24, 2.45) is 0 Å². The number of morpholine rings is 1. The van der Waals surface area contributed by atoms with E-state index in [-0.39, 0.29) is 30.2 Å². The molecule has 1 aliphatic heterocycles. The van der Waals surface area contributed by atoms with Crippen molar-refractivity contribution in [3.63, 3.8) is 0 Å². The summed E-state index contributed by atoms with van der Waals surface area (Å²) in [5, 5.41) is 16.3. The number of carbonyl (C=O) groups is 3. The zero-order valence-corrected chi connectivity index (χ0v) is 19.7. The highest BCUT2D eigenvalue weighted by molar-refractivity contribution is 5.99. The maximum atomic E-state index is 12.8. The molecule has 1 unspecified atom stereocenters. The van der Waals surface area contributed by atoms with E-state index in [4.69, 9.17) is 4.74 Å². The predicted molar refractivity (Wildman–Crippen MR) is 130 cm³/mol. The molecule has 35 heavy (non-hydrogen) atoms. The van der Waals surface area contributed by atoms with Crippen LogP contribution in [-0.4, -0.2) is 73.0 Å². The van der Waals surface area contributed by atoms with Crippen LogP contribution in [0.3, 0.4) is 0 Å². The lowest BCUT2D eigenvalue weighted by Gasteiger charge is -2.29. The largest absolute Gasteiger partial charge is 0.378 e. The van der Waals surface area contributed by atoms with Crippen molar-refractivity contribution in [3.05, 3.63) is 64.2 Å². The Morgan fingerprint density at radius 1 is 1.14 bits per heavy atom. The summed E-state index contributed by atoms with van der Waals surface area (Å²) in [6.07, 6.45) is 0. The Balaban J connectivity index is 1.54. The van der Waals surface area contributed by atoms with Gasteiger partial charge < -0.3 is 25.2 Å². The zero-order valence-electron chi connectivity index (χ0n) is 19.7. The van der Waals surface area contributed by atoms with Crippen molar-refractivity contribution in [1.82, 2.24) is 10.2 Å². The van der Waals surface area contributed by atoms with Crippen LogP contribution >= 0.6 is 0 Å². The van der Waals surface area contributed by atoms with Crippen molar-refractivity contribution >= 4 is 34.8 Å². The van der Waals surface area contributed by atoms with Crippen LogP contribution < -0.4 is 15.5 Å². The monoisotopic (exact) mass is 483 g/mol. The molecule has 0 aliphatic carbocycles. The first-order valence-corrected chi connectivity index (χ1v) is 11.3. The highest BCUT2D eigenvalue weighted by atomic mass is 16.6. The normalized spacial score (nSPS) is 14.1. The van der Waals surface area contributed by atoms with Gasteiger partial charge in [0.05, 0.1) is 24.7 Å². The van der Waals surface area contributed by atoms with Crippen LogP contribution in [0.5, 0.6) is 0 Å². The third-order valence-electron chi connectivity index (χ3n) is 5.59. The first-order chi connectivity index (χ1) is 16.8. The van der Waals surface area contributed by atoms with Crippen molar-refractivity contribution in [2.75, 3.05) is 49.6 Å². The summed E-state index contributed by atoms with van der Waals surface area (Å²) < 4.78 is 5.36. The Morgan fingerprint density at radius 2 is 1.83 bits per heavy atom. The molecule has 11 nitrogen and oxygen atoms in total. The molecular formula is C24H29N5O6. The molecule has 0 spiro atoms. The summed E-state index contributed by atoms with van der Waals surface area (Å²) >= 11 is 0. The molecule has 3 rings (SSSR count). The lowest BCUT2D eigenvalue weighted by molar-refractivity contribution is -0.384. The molecule has 1 atom stereocenters. The standard InChI is InChI=1S/C24H29N5O6/c1-3-27(24(32)17(2)25-23(31)18-5-4-6-21(15-18)29(33)34)16-22(30)26-19-7-9-20(10-8-19)28-11-13-35-14-12-28/h4-10,15,17H,3,11-14,16H2,1-2H3,(H,25,31)(H,26,30). The Bertz CT molecular complexity index is 1070. The average Bonchev–Trinajstić information content (AvgIpc) is 2.87. The lowest BCUT2D eigenvalue weighted by atomic mass is 10.1. The van der Waals surface area contributed by atoms with Gasteiger partial charge in [0.25, 0.3) is 11.6 Å². The zero-order chi connectivity index (χ0) is 25.4. The van der Waals surface area contributed by atoms with E-state index in [1.165, 1.54) is 30.0 Å². The third-order valence-corrected chi connectivity index (χ3v) is 5.59. The topological polar surface area (TPSA) is 134 Å². The van der Waals surface area contributed by atoms with Crippen molar-refractivity contribution in [1.29, 1.82) is 0 Å². The quantitative estimate of drug-likeness (QED) is 0.412. The van der Waals surface area contributed by atoms with Crippen LogP contribution in [0.25, 0.3) is 0 Å². The number of rotatable bonds is 9. The number of benzene rings is 2. The second-order valence-corrected chi connectivity index (χ2v) is 8.05. The van der Waals surface area contributed by atoms with Crippen LogP contribution in [0.15, 0.2) is 48.5 Å². The van der Waals surface area contributed by atoms with Gasteiger partial charge in [-0.15, -0.1) is 0 Å². The number of hydrogen-bond acceptors (Lipinski definition) is 7. The maximum Gasteiger partial charge on any atom is 0.270 e. The smallest absolute Gasteiger partial charge is 0.270 e. The average molecular weight is 484 g/mol. The number of carbonyl (C=O) groups excluding carboxylic acids is 3. The minimum Gasteiger partial charge on any atom is -0.378 e. The molecule has 1 heterocycles. The van der Waals surface area contributed by atoms with Crippen molar-refractivity contribution < 1.29 is 24.0 Å². The van der Waals surface area contributed by atoms with Crippen molar-refractivity contribution in [3.8, 4) is 0 Å². The number of nitrogens with one attached hydrogen (secondary N) is 2. The van der Waals surface area contributed by atoms with Gasteiger partial charge in [-0.1, -0.05) is 6.07 Å². The number of nitro benzene ring substituents is 1. The summed E-state index contributed by atoms with van der Waals surface area (Å²) in [7, 11) is 0. The summed E-state index contributed by atoms with van der Waals surface area (Å²) in [6, 6.07) is 11.8. The van der Waals surface area contributed by atoms with Gasteiger partial charge in [-0.2, -0.15) is 0 Å². The molecule has 1 saturated heterocycles. The van der Waals surface area contributed by atoms with Crippen LogP contribution in [0, 0.1) is 10.1 Å². The number of amides is 3. The highest BCUT2D eigenvalue weighted by Crippen LogP contribution is 2.19. The molecule has 1 aliphatic rings. The van der Waals surface area contributed by atoms with E-state index in [0.29, 0.717) is 18.9 Å². The molecule has 0 aromatic heterocycles. The van der Waals surface area contributed by atoms with E-state index < -0.39 is 22.8 Å². The Labute approximate surface area is 203 Å². The minimum atomic E-state index is -0.928. The fraction of sp³-hybridized carbons (Fsp3) is 0.375. The molecule has 0 radical (unpaired) electrons. The molecule has 3 amide bonds. The van der Waals surface area contributed by atoms with E-state index in [1.807, 2.05) is 24.3 Å². The number of anilines is 2. The van der Waals surface area contributed by atoms with Gasteiger partial charge >= 0.3 is 0 Å². The van der Waals surface area contributed by atoms with E-state index in [2.05, 4.69) is 15.5 Å². The van der Waals surface area contributed by atoms with Crippen molar-refractivity contribution in [2.45, 2.75) is 19.9 Å². The molecule has 1 fully saturated rings. The molecule has 11 heteroatoms. The molecule has 2 aromatic rings. The molecule has 186 valence electrons. The summed E-state index contributed by atoms with van der Waals surface area (Å²) in [5.74, 6) is -1.42. The highest BCUT2D eigenvalue weighted by Gasteiger charge is 2.24. The summed E-state index contributed by atoms with van der Waals surface area (Å²) in [5.41, 5.74) is 1.51. The molecular weight excluding hydrogens is 454 g/mol. The fourth-order valence-corrected chi connectivity index (χ4v) is 3.67. The SMILES string of the molecule is CCN(CC(=O)Nc1ccc(N2CCOCC2)cc1)C(=O)C(C)NC(=O)c1cccc([N+](=O)[O-])c1. The van der Waals surface area contributed by atoms with Gasteiger partial charge in [0.1, 0.15) is 6.04 Å².